The normalized spacial score (nSPS) is 18.9. The monoisotopic (exact) mass is 539 g/mol. The highest BCUT2D eigenvalue weighted by Crippen LogP contribution is 2.54. The Morgan fingerprint density at radius 1 is 1.13 bits per heavy atom. The summed E-state index contributed by atoms with van der Waals surface area (Å²) in [5.41, 5.74) is 7.41. The maximum atomic E-state index is 13.4. The number of halogens is 2. The van der Waals surface area contributed by atoms with Crippen molar-refractivity contribution in [3.05, 3.63) is 71.1 Å². The number of ether oxygens (including phenoxy) is 1. The minimum Gasteiger partial charge on any atom is -0.434 e. The Labute approximate surface area is 219 Å². The number of alkyl halides is 2. The standard InChI is InChI=1S/C25H23F2N7O5/c1-24(2,28)22-29-9-11(10-30-22)14-6-7-33-20(31-14)18-13-8-15(19(18)32-33)34(25(36,37)38)21(35)12-4-3-5-16(17(12)13)39-23(26)27/h3-7,9-10,13,15,23,36-38H,8,28H2,1-2H3. The van der Waals surface area contributed by atoms with Gasteiger partial charge in [-0.05, 0) is 38.5 Å². The van der Waals surface area contributed by atoms with Crippen molar-refractivity contribution in [2.75, 3.05) is 0 Å². The average Bonchev–Trinajstić information content (AvgIpc) is 3.35. The molecule has 3 aromatic heterocycles. The largest absolute Gasteiger partial charge is 0.434 e. The number of carbonyl (C=O) groups is 1. The van der Waals surface area contributed by atoms with E-state index in [9.17, 15) is 28.9 Å². The van der Waals surface area contributed by atoms with Gasteiger partial charge in [0.2, 0.25) is 0 Å². The lowest BCUT2D eigenvalue weighted by molar-refractivity contribution is -0.385. The zero-order valence-corrected chi connectivity index (χ0v) is 20.7. The summed E-state index contributed by atoms with van der Waals surface area (Å²) in [7, 11) is 0. The van der Waals surface area contributed by atoms with Crippen molar-refractivity contribution in [3.8, 4) is 17.0 Å². The summed E-state index contributed by atoms with van der Waals surface area (Å²) in [5.74, 6) is -1.54. The van der Waals surface area contributed by atoms with Crippen LogP contribution in [0.5, 0.6) is 5.75 Å². The van der Waals surface area contributed by atoms with Crippen LogP contribution in [-0.4, -0.2) is 63.4 Å². The summed E-state index contributed by atoms with van der Waals surface area (Å²) in [4.78, 5) is 27.3. The van der Waals surface area contributed by atoms with Gasteiger partial charge in [-0.25, -0.2) is 19.5 Å². The first-order valence-electron chi connectivity index (χ1n) is 11.9. The Kier molecular flexibility index (Phi) is 5.45. The van der Waals surface area contributed by atoms with Crippen LogP contribution in [0.2, 0.25) is 0 Å². The first-order valence-corrected chi connectivity index (χ1v) is 11.9. The molecule has 2 bridgehead atoms. The lowest BCUT2D eigenvalue weighted by Crippen LogP contribution is -2.53. The number of hydrogen-bond donors (Lipinski definition) is 4. The van der Waals surface area contributed by atoms with E-state index in [2.05, 4.69) is 15.1 Å². The maximum absolute atomic E-state index is 13.4. The van der Waals surface area contributed by atoms with E-state index in [1.165, 1.54) is 22.7 Å². The Bertz CT molecular complexity index is 1610. The first-order chi connectivity index (χ1) is 18.3. The average molecular weight is 539 g/mol. The third kappa shape index (κ3) is 3.99. The van der Waals surface area contributed by atoms with E-state index >= 15 is 0 Å². The molecule has 1 aliphatic heterocycles. The van der Waals surface area contributed by atoms with Gasteiger partial charge in [0, 0.05) is 46.8 Å². The molecule has 2 aliphatic rings. The molecule has 0 saturated carbocycles. The zero-order chi connectivity index (χ0) is 27.9. The molecule has 12 nitrogen and oxygen atoms in total. The lowest BCUT2D eigenvalue weighted by atomic mass is 9.89. The van der Waals surface area contributed by atoms with E-state index in [1.54, 1.807) is 38.5 Å². The smallest absolute Gasteiger partial charge is 0.387 e. The van der Waals surface area contributed by atoms with Crippen molar-refractivity contribution < 1.29 is 33.6 Å². The van der Waals surface area contributed by atoms with E-state index in [0.717, 1.165) is 0 Å². The topological polar surface area (TPSA) is 172 Å². The van der Waals surface area contributed by atoms with Crippen LogP contribution in [0.15, 0.2) is 42.9 Å². The molecule has 4 aromatic rings. The summed E-state index contributed by atoms with van der Waals surface area (Å²) in [6.07, 6.45) is 1.23. The highest BCUT2D eigenvalue weighted by atomic mass is 19.3. The lowest BCUT2D eigenvalue weighted by Gasteiger charge is -2.34. The minimum atomic E-state index is -3.56. The van der Waals surface area contributed by atoms with E-state index in [4.69, 9.17) is 15.5 Å². The minimum absolute atomic E-state index is 0.00917. The number of nitrogens with two attached hydrogens (primary N) is 1. The van der Waals surface area contributed by atoms with Crippen LogP contribution in [0.3, 0.4) is 0 Å². The SMILES string of the molecule is CC(C)(N)c1ncc(-c2ccn3nc4c(c3n2)C2CC4N(C(O)(O)O)C(=O)c3cccc(OC(F)F)c32)cn1. The van der Waals surface area contributed by atoms with Crippen LogP contribution < -0.4 is 10.5 Å². The molecule has 0 spiro atoms. The molecule has 0 radical (unpaired) electrons. The van der Waals surface area contributed by atoms with Gasteiger partial charge in [-0.15, -0.1) is 0 Å². The Morgan fingerprint density at radius 2 is 1.85 bits per heavy atom. The number of benzene rings is 1. The van der Waals surface area contributed by atoms with Gasteiger partial charge in [0.1, 0.15) is 11.6 Å². The summed E-state index contributed by atoms with van der Waals surface area (Å²) in [6.45, 7) is 0.380. The molecule has 6 rings (SSSR count). The molecule has 0 fully saturated rings. The van der Waals surface area contributed by atoms with Crippen LogP contribution >= 0.6 is 0 Å². The molecule has 2 atom stereocenters. The molecule has 202 valence electrons. The fourth-order valence-corrected chi connectivity index (χ4v) is 5.35. The molecule has 0 saturated heterocycles. The Balaban J connectivity index is 1.56. The van der Waals surface area contributed by atoms with Crippen LogP contribution in [-0.2, 0) is 5.54 Å². The van der Waals surface area contributed by atoms with Crippen molar-refractivity contribution in [1.82, 2.24) is 29.5 Å². The van der Waals surface area contributed by atoms with Gasteiger partial charge in [0.15, 0.2) is 5.65 Å². The zero-order valence-electron chi connectivity index (χ0n) is 20.7. The second-order valence-corrected chi connectivity index (χ2v) is 10.1. The molecule has 1 amide bonds. The first kappa shape index (κ1) is 25.2. The fraction of sp³-hybridized carbons (Fsp3) is 0.320. The van der Waals surface area contributed by atoms with Gasteiger partial charge in [-0.2, -0.15) is 13.9 Å². The van der Waals surface area contributed by atoms with Crippen molar-refractivity contribution >= 4 is 11.6 Å². The molecular weight excluding hydrogens is 516 g/mol. The summed E-state index contributed by atoms with van der Waals surface area (Å²) in [6, 6.07) is 4.54. The number of carbonyl (C=O) groups excluding carboxylic acids is 1. The fourth-order valence-electron chi connectivity index (χ4n) is 5.35. The second-order valence-electron chi connectivity index (χ2n) is 10.1. The summed E-state index contributed by atoms with van der Waals surface area (Å²) < 4.78 is 32.9. The number of aliphatic hydroxyl groups is 3. The van der Waals surface area contributed by atoms with Crippen LogP contribution in [0, 0.1) is 0 Å². The Morgan fingerprint density at radius 3 is 2.49 bits per heavy atom. The van der Waals surface area contributed by atoms with E-state index < -0.39 is 36.1 Å². The van der Waals surface area contributed by atoms with Gasteiger partial charge >= 0.3 is 12.7 Å². The van der Waals surface area contributed by atoms with Crippen molar-refractivity contribution in [2.24, 2.45) is 5.73 Å². The number of fused-ring (bicyclic) bond motifs is 9. The highest BCUT2D eigenvalue weighted by molar-refractivity contribution is 5.98. The van der Waals surface area contributed by atoms with Gasteiger partial charge in [-0.3, -0.25) is 9.69 Å². The number of nitrogens with zero attached hydrogens (tertiary/aromatic N) is 6. The van der Waals surface area contributed by atoms with E-state index in [0.29, 0.717) is 33.2 Å². The van der Waals surface area contributed by atoms with Crippen molar-refractivity contribution in [2.45, 2.75) is 50.5 Å². The van der Waals surface area contributed by atoms with Gasteiger partial charge in [0.05, 0.1) is 23.0 Å². The molecule has 14 heteroatoms. The second kappa shape index (κ2) is 8.44. The quantitative estimate of drug-likeness (QED) is 0.273. The molecule has 5 N–H and O–H groups in total. The van der Waals surface area contributed by atoms with E-state index in [-0.39, 0.29) is 29.0 Å². The predicted molar refractivity (Wildman–Crippen MR) is 129 cm³/mol. The van der Waals surface area contributed by atoms with Crippen LogP contribution in [0.25, 0.3) is 16.9 Å². The van der Waals surface area contributed by atoms with Crippen LogP contribution in [0.4, 0.5) is 8.78 Å². The predicted octanol–water partition coefficient (Wildman–Crippen LogP) is 1.60. The number of amides is 1. The number of hydrogen-bond acceptors (Lipinski definition) is 10. The molecule has 1 aromatic carbocycles. The van der Waals surface area contributed by atoms with Crippen molar-refractivity contribution in [3.63, 3.8) is 0 Å². The molecule has 1 aliphatic carbocycles. The number of rotatable bonds is 5. The molecule has 39 heavy (non-hydrogen) atoms. The van der Waals surface area contributed by atoms with Gasteiger partial charge < -0.3 is 25.8 Å². The van der Waals surface area contributed by atoms with Gasteiger partial charge in [0.25, 0.3) is 5.91 Å². The molecule has 4 heterocycles. The van der Waals surface area contributed by atoms with Crippen molar-refractivity contribution in [1.29, 1.82) is 0 Å². The Hall–Kier alpha value is -4.11. The third-order valence-electron chi connectivity index (χ3n) is 6.91. The van der Waals surface area contributed by atoms with Gasteiger partial charge in [-0.1, -0.05) is 6.07 Å². The number of aromatic nitrogens is 5. The maximum Gasteiger partial charge on any atom is 0.387 e. The summed E-state index contributed by atoms with van der Waals surface area (Å²) in [5, 5.41) is 35.0. The van der Waals surface area contributed by atoms with Crippen LogP contribution in [0.1, 0.15) is 65.2 Å². The summed E-state index contributed by atoms with van der Waals surface area (Å²) >= 11 is 0. The highest BCUT2D eigenvalue weighted by Gasteiger charge is 2.52. The molecular formula is C25H23F2N7O5. The van der Waals surface area contributed by atoms with E-state index in [1.807, 2.05) is 0 Å². The molecule has 2 unspecified atom stereocenters. The third-order valence-corrected chi connectivity index (χ3v) is 6.91.